The predicted octanol–water partition coefficient (Wildman–Crippen LogP) is 2.03. The predicted molar refractivity (Wildman–Crippen MR) is 94.3 cm³/mol. The van der Waals surface area contributed by atoms with Crippen LogP contribution in [0.5, 0.6) is 0 Å². The number of fused-ring (bicyclic) bond motifs is 1. The zero-order valence-corrected chi connectivity index (χ0v) is 15.2. The molecule has 1 aliphatic rings. The highest BCUT2D eigenvalue weighted by Crippen LogP contribution is 2.22. The Labute approximate surface area is 151 Å². The quantitative estimate of drug-likeness (QED) is 0.875. The van der Waals surface area contributed by atoms with E-state index in [1.165, 1.54) is 0 Å². The summed E-state index contributed by atoms with van der Waals surface area (Å²) < 4.78 is 5.42. The van der Waals surface area contributed by atoms with E-state index in [0.29, 0.717) is 31.7 Å². The molecule has 2 aromatic heterocycles. The molecule has 2 amide bonds. The second kappa shape index (κ2) is 7.15. The number of carbonyl (C=O) groups is 2. The number of ether oxygens (including phenoxy) is 1. The van der Waals surface area contributed by atoms with Crippen molar-refractivity contribution < 1.29 is 14.3 Å². The number of hydrogen-bond acceptors (Lipinski definition) is 5. The van der Waals surface area contributed by atoms with Crippen LogP contribution in [0.15, 0.2) is 24.5 Å². The second-order valence-corrected chi connectivity index (χ2v) is 7.22. The summed E-state index contributed by atoms with van der Waals surface area (Å²) in [6.45, 7) is 6.71. The van der Waals surface area contributed by atoms with Gasteiger partial charge in [0.1, 0.15) is 5.60 Å². The summed E-state index contributed by atoms with van der Waals surface area (Å²) in [5.74, 6) is -0.273. The van der Waals surface area contributed by atoms with Crippen LogP contribution in [0.2, 0.25) is 0 Å². The lowest BCUT2D eigenvalue weighted by atomic mass is 10.1. The van der Waals surface area contributed by atoms with Crippen LogP contribution in [0.4, 0.5) is 4.79 Å². The van der Waals surface area contributed by atoms with Gasteiger partial charge in [-0.15, -0.1) is 0 Å². The van der Waals surface area contributed by atoms with Crippen LogP contribution >= 0.6 is 0 Å². The van der Waals surface area contributed by atoms with Crippen LogP contribution in [0.1, 0.15) is 48.1 Å². The number of H-pyrrole nitrogens is 1. The van der Waals surface area contributed by atoms with Gasteiger partial charge < -0.3 is 15.0 Å². The van der Waals surface area contributed by atoms with Gasteiger partial charge in [0, 0.05) is 43.2 Å². The van der Waals surface area contributed by atoms with Crippen LogP contribution in [-0.2, 0) is 24.2 Å². The van der Waals surface area contributed by atoms with Crippen molar-refractivity contribution in [1.82, 2.24) is 25.4 Å². The Hall–Kier alpha value is -2.90. The first-order chi connectivity index (χ1) is 12.3. The van der Waals surface area contributed by atoms with Gasteiger partial charge in [-0.1, -0.05) is 0 Å². The summed E-state index contributed by atoms with van der Waals surface area (Å²) in [5.41, 5.74) is 2.35. The van der Waals surface area contributed by atoms with Crippen molar-refractivity contribution in [3.05, 3.63) is 47.0 Å². The third kappa shape index (κ3) is 4.19. The molecule has 26 heavy (non-hydrogen) atoms. The van der Waals surface area contributed by atoms with Crippen molar-refractivity contribution in [2.75, 3.05) is 6.54 Å². The van der Waals surface area contributed by atoms with Crippen molar-refractivity contribution in [1.29, 1.82) is 0 Å². The number of nitrogens with zero attached hydrogens (tertiary/aromatic N) is 3. The van der Waals surface area contributed by atoms with Crippen LogP contribution in [-0.4, -0.2) is 44.2 Å². The molecule has 0 unspecified atom stereocenters. The highest BCUT2D eigenvalue weighted by molar-refractivity contribution is 5.94. The molecule has 3 heterocycles. The molecule has 0 atom stereocenters. The van der Waals surface area contributed by atoms with E-state index in [1.807, 2.05) is 32.9 Å². The van der Waals surface area contributed by atoms with Gasteiger partial charge >= 0.3 is 6.09 Å². The summed E-state index contributed by atoms with van der Waals surface area (Å²) >= 11 is 0. The van der Waals surface area contributed by atoms with Gasteiger partial charge in [-0.3, -0.25) is 14.9 Å². The topological polar surface area (TPSA) is 100 Å². The molecule has 1 aliphatic heterocycles. The van der Waals surface area contributed by atoms with E-state index < -0.39 is 5.60 Å². The number of aromatic amines is 1. The van der Waals surface area contributed by atoms with E-state index in [9.17, 15) is 9.59 Å². The largest absolute Gasteiger partial charge is 0.444 e. The fourth-order valence-corrected chi connectivity index (χ4v) is 2.73. The summed E-state index contributed by atoms with van der Waals surface area (Å²) in [6.07, 6.45) is 3.58. The van der Waals surface area contributed by atoms with Crippen LogP contribution < -0.4 is 5.32 Å². The smallest absolute Gasteiger partial charge is 0.410 e. The van der Waals surface area contributed by atoms with E-state index in [2.05, 4.69) is 20.5 Å². The van der Waals surface area contributed by atoms with Crippen LogP contribution in [0, 0.1) is 0 Å². The molecule has 0 radical (unpaired) electrons. The van der Waals surface area contributed by atoms with Crippen molar-refractivity contribution in [3.8, 4) is 0 Å². The Morgan fingerprint density at radius 3 is 2.73 bits per heavy atom. The van der Waals surface area contributed by atoms with Crippen molar-refractivity contribution >= 4 is 12.0 Å². The average Bonchev–Trinajstić information content (AvgIpc) is 3.02. The molecule has 0 saturated heterocycles. The molecular formula is C18H23N5O3. The van der Waals surface area contributed by atoms with Crippen molar-refractivity contribution in [2.45, 2.75) is 45.9 Å². The second-order valence-electron chi connectivity index (χ2n) is 7.22. The van der Waals surface area contributed by atoms with Gasteiger partial charge in [0.15, 0.2) is 5.69 Å². The summed E-state index contributed by atoms with van der Waals surface area (Å²) in [6, 6.07) is 3.68. The molecule has 8 nitrogen and oxygen atoms in total. The maximum atomic E-state index is 12.5. The molecule has 8 heteroatoms. The van der Waals surface area contributed by atoms with Gasteiger partial charge in [0.25, 0.3) is 5.91 Å². The lowest BCUT2D eigenvalue weighted by Gasteiger charge is -2.30. The minimum absolute atomic E-state index is 0.273. The molecule has 138 valence electrons. The number of amides is 2. The van der Waals surface area contributed by atoms with Gasteiger partial charge in [-0.25, -0.2) is 4.79 Å². The van der Waals surface area contributed by atoms with E-state index in [-0.39, 0.29) is 12.0 Å². The highest BCUT2D eigenvalue weighted by Gasteiger charge is 2.30. The molecule has 0 bridgehead atoms. The standard InChI is InChI=1S/C18H23N5O3/c1-18(2,3)26-17(25)23-9-6-14-13(11-23)15(22-21-14)16(24)20-10-12-4-7-19-8-5-12/h4-5,7-8H,6,9-11H2,1-3H3,(H,20,24)(H,21,22). The van der Waals surface area contributed by atoms with E-state index in [1.54, 1.807) is 17.3 Å². The molecule has 0 fully saturated rings. The molecule has 0 aliphatic carbocycles. The van der Waals surface area contributed by atoms with Gasteiger partial charge in [-0.05, 0) is 38.5 Å². The number of nitrogens with one attached hydrogen (secondary N) is 2. The fraction of sp³-hybridized carbons (Fsp3) is 0.444. The van der Waals surface area contributed by atoms with Crippen molar-refractivity contribution in [2.24, 2.45) is 0 Å². The first-order valence-corrected chi connectivity index (χ1v) is 8.54. The Bertz CT molecular complexity index is 795. The normalized spacial score (nSPS) is 13.9. The Morgan fingerprint density at radius 1 is 1.31 bits per heavy atom. The summed E-state index contributed by atoms with van der Waals surface area (Å²) in [7, 11) is 0. The van der Waals surface area contributed by atoms with Crippen LogP contribution in [0.3, 0.4) is 0 Å². The molecule has 2 aromatic rings. The lowest BCUT2D eigenvalue weighted by Crippen LogP contribution is -2.40. The molecule has 0 saturated carbocycles. The molecular weight excluding hydrogens is 334 g/mol. The third-order valence-electron chi connectivity index (χ3n) is 4.00. The van der Waals surface area contributed by atoms with E-state index in [4.69, 9.17) is 4.74 Å². The van der Waals surface area contributed by atoms with Crippen LogP contribution in [0.25, 0.3) is 0 Å². The molecule has 0 spiro atoms. The highest BCUT2D eigenvalue weighted by atomic mass is 16.6. The van der Waals surface area contributed by atoms with Gasteiger partial charge in [0.2, 0.25) is 0 Å². The Morgan fingerprint density at radius 2 is 2.04 bits per heavy atom. The zero-order chi connectivity index (χ0) is 18.7. The maximum absolute atomic E-state index is 12.5. The number of aromatic nitrogens is 3. The molecule has 3 rings (SSSR count). The number of carbonyl (C=O) groups excluding carboxylic acids is 2. The first-order valence-electron chi connectivity index (χ1n) is 8.54. The maximum Gasteiger partial charge on any atom is 0.410 e. The lowest BCUT2D eigenvalue weighted by molar-refractivity contribution is 0.0222. The summed E-state index contributed by atoms with van der Waals surface area (Å²) in [5, 5.41) is 9.91. The van der Waals surface area contributed by atoms with Gasteiger partial charge in [0.05, 0.1) is 6.54 Å². The number of hydrogen-bond donors (Lipinski definition) is 2. The monoisotopic (exact) mass is 357 g/mol. The Kier molecular flexibility index (Phi) is 4.92. The fourth-order valence-electron chi connectivity index (χ4n) is 2.73. The van der Waals surface area contributed by atoms with Crippen molar-refractivity contribution in [3.63, 3.8) is 0 Å². The molecule has 0 aromatic carbocycles. The number of rotatable bonds is 3. The Balaban J connectivity index is 1.68. The third-order valence-corrected chi connectivity index (χ3v) is 4.00. The van der Waals surface area contributed by atoms with E-state index in [0.717, 1.165) is 16.8 Å². The zero-order valence-electron chi connectivity index (χ0n) is 15.2. The SMILES string of the molecule is CC(C)(C)OC(=O)N1CCc2[nH]nc(C(=O)NCc3ccncc3)c2C1. The summed E-state index contributed by atoms with van der Waals surface area (Å²) in [4.78, 5) is 30.4. The molecule has 2 N–H and O–H groups in total. The first kappa shape index (κ1) is 17.9. The van der Waals surface area contributed by atoms with E-state index >= 15 is 0 Å². The van der Waals surface area contributed by atoms with Gasteiger partial charge in [-0.2, -0.15) is 5.10 Å². The number of pyridine rings is 1. The minimum Gasteiger partial charge on any atom is -0.444 e. The average molecular weight is 357 g/mol. The minimum atomic E-state index is -0.557.